The third-order valence-corrected chi connectivity index (χ3v) is 5.90. The molecule has 12 nitrogen and oxygen atoms in total. The molecule has 0 saturated heterocycles. The van der Waals surface area contributed by atoms with E-state index >= 15 is 0 Å². The van der Waals surface area contributed by atoms with Crippen LogP contribution in [0.4, 0.5) is 5.69 Å². The number of aliphatic hydroxyl groups excluding tert-OH is 1. The zero-order chi connectivity index (χ0) is 28.9. The normalized spacial score (nSPS) is 11.8. The number of carboxylic acid groups (broad SMARTS) is 1. The number of hydrogen-bond acceptors (Lipinski definition) is 8. The van der Waals surface area contributed by atoms with Gasteiger partial charge in [-0.3, -0.25) is 15.0 Å². The summed E-state index contributed by atoms with van der Waals surface area (Å²) in [4.78, 5) is 46.5. The van der Waals surface area contributed by atoms with Crippen molar-refractivity contribution in [3.05, 3.63) is 71.2 Å². The molecule has 0 aliphatic carbocycles. The molecular formula is C27H30N6O6. The van der Waals surface area contributed by atoms with Crippen molar-refractivity contribution < 1.29 is 29.3 Å². The highest BCUT2D eigenvalue weighted by Gasteiger charge is 2.28. The van der Waals surface area contributed by atoms with E-state index in [1.807, 2.05) is 20.8 Å². The smallest absolute Gasteiger partial charge is 0.355 e. The summed E-state index contributed by atoms with van der Waals surface area (Å²) >= 11 is 0. The highest BCUT2D eigenvalue weighted by molar-refractivity contribution is 6.09. The number of pyridine rings is 2. The Balaban J connectivity index is 2.02. The van der Waals surface area contributed by atoms with E-state index in [9.17, 15) is 24.6 Å². The Hall–Kier alpha value is -4.84. The first-order chi connectivity index (χ1) is 18.3. The minimum Gasteiger partial charge on any atom is -0.481 e. The van der Waals surface area contributed by atoms with Gasteiger partial charge in [0.1, 0.15) is 17.2 Å². The van der Waals surface area contributed by atoms with Crippen molar-refractivity contribution in [2.45, 2.75) is 26.8 Å². The molecule has 1 atom stereocenters. The molecule has 2 aromatic heterocycles. The number of ether oxygens (including phenoxy) is 1. The molecule has 0 fully saturated rings. The van der Waals surface area contributed by atoms with E-state index in [-0.39, 0.29) is 40.8 Å². The van der Waals surface area contributed by atoms with Gasteiger partial charge in [0.25, 0.3) is 11.8 Å². The van der Waals surface area contributed by atoms with Crippen LogP contribution < -0.4 is 21.1 Å². The Labute approximate surface area is 224 Å². The van der Waals surface area contributed by atoms with Gasteiger partial charge in [-0.2, -0.15) is 0 Å². The average molecular weight is 535 g/mol. The fourth-order valence-corrected chi connectivity index (χ4v) is 3.60. The number of aromatic carboxylic acids is 1. The first kappa shape index (κ1) is 28.7. The van der Waals surface area contributed by atoms with Crippen molar-refractivity contribution in [3.63, 3.8) is 0 Å². The Kier molecular flexibility index (Phi) is 8.61. The zero-order valence-electron chi connectivity index (χ0n) is 21.9. The van der Waals surface area contributed by atoms with E-state index in [2.05, 4.69) is 20.6 Å². The molecule has 3 rings (SSSR count). The maximum atomic E-state index is 13.2. The molecule has 2 heterocycles. The maximum Gasteiger partial charge on any atom is 0.355 e. The Morgan fingerprint density at radius 3 is 2.13 bits per heavy atom. The summed E-state index contributed by atoms with van der Waals surface area (Å²) in [7, 11) is 1.37. The Morgan fingerprint density at radius 2 is 1.59 bits per heavy atom. The summed E-state index contributed by atoms with van der Waals surface area (Å²) in [6, 6.07) is 11.3. The molecule has 0 aliphatic rings. The van der Waals surface area contributed by atoms with Crippen LogP contribution in [0.2, 0.25) is 0 Å². The Bertz CT molecular complexity index is 1420. The van der Waals surface area contributed by atoms with Crippen LogP contribution >= 0.6 is 0 Å². The molecule has 0 aliphatic heterocycles. The van der Waals surface area contributed by atoms with E-state index in [1.165, 1.54) is 31.4 Å². The number of nitrogens with zero attached hydrogens (tertiary/aromatic N) is 2. The minimum absolute atomic E-state index is 0.0563. The number of carbonyl (C=O) groups excluding carboxylic acids is 2. The lowest BCUT2D eigenvalue weighted by molar-refractivity contribution is 0.0690. The third kappa shape index (κ3) is 6.73. The number of amides is 2. The summed E-state index contributed by atoms with van der Waals surface area (Å²) in [5.41, 5.74) is 5.31. The van der Waals surface area contributed by atoms with Gasteiger partial charge in [0.2, 0.25) is 5.88 Å². The van der Waals surface area contributed by atoms with Crippen molar-refractivity contribution in [1.82, 2.24) is 15.3 Å². The van der Waals surface area contributed by atoms with E-state index in [1.54, 1.807) is 24.3 Å². The number of hydrogen-bond donors (Lipinski definition) is 6. The number of carbonyl (C=O) groups is 3. The molecule has 3 aromatic rings. The SMILES string of the molecule is COc1ccc(-c2ccc(C(=O)NC(CO)C(C)(C)C)nc2C(=O)O)c(C(=O)Nc2ccc(C(=N)N)cc2)n1. The van der Waals surface area contributed by atoms with Crippen LogP contribution in [0.3, 0.4) is 0 Å². The number of aromatic nitrogens is 2. The van der Waals surface area contributed by atoms with Crippen molar-refractivity contribution in [1.29, 1.82) is 5.41 Å². The Morgan fingerprint density at radius 1 is 0.974 bits per heavy atom. The van der Waals surface area contributed by atoms with Gasteiger partial charge in [0, 0.05) is 28.4 Å². The fraction of sp³-hybridized carbons (Fsp3) is 0.259. The predicted molar refractivity (Wildman–Crippen MR) is 144 cm³/mol. The number of amidine groups is 1. The molecule has 7 N–H and O–H groups in total. The largest absolute Gasteiger partial charge is 0.481 e. The number of anilines is 1. The number of nitrogen functional groups attached to an aromatic ring is 1. The lowest BCUT2D eigenvalue weighted by Gasteiger charge is -2.29. The van der Waals surface area contributed by atoms with Gasteiger partial charge >= 0.3 is 5.97 Å². The molecule has 12 heteroatoms. The van der Waals surface area contributed by atoms with Gasteiger partial charge in [0.15, 0.2) is 5.69 Å². The lowest BCUT2D eigenvalue weighted by atomic mass is 9.87. The van der Waals surface area contributed by atoms with Gasteiger partial charge < -0.3 is 31.3 Å². The van der Waals surface area contributed by atoms with Crippen LogP contribution in [-0.2, 0) is 0 Å². The van der Waals surface area contributed by atoms with Gasteiger partial charge in [-0.25, -0.2) is 14.8 Å². The summed E-state index contributed by atoms with van der Waals surface area (Å²) in [6.07, 6.45) is 0. The summed E-state index contributed by atoms with van der Waals surface area (Å²) in [6.45, 7) is 5.21. The van der Waals surface area contributed by atoms with Crippen molar-refractivity contribution in [3.8, 4) is 17.0 Å². The third-order valence-electron chi connectivity index (χ3n) is 5.90. The predicted octanol–water partition coefficient (Wildman–Crippen LogP) is 2.52. The van der Waals surface area contributed by atoms with Gasteiger partial charge in [-0.1, -0.05) is 20.8 Å². The fourth-order valence-electron chi connectivity index (χ4n) is 3.60. The topological polar surface area (TPSA) is 201 Å². The monoisotopic (exact) mass is 534 g/mol. The molecule has 0 saturated carbocycles. The minimum atomic E-state index is -1.42. The van der Waals surface area contributed by atoms with E-state index in [0.29, 0.717) is 11.3 Å². The van der Waals surface area contributed by atoms with Crippen LogP contribution in [0, 0.1) is 10.8 Å². The molecule has 39 heavy (non-hydrogen) atoms. The van der Waals surface area contributed by atoms with Crippen LogP contribution in [0.25, 0.3) is 11.1 Å². The highest BCUT2D eigenvalue weighted by atomic mass is 16.5. The quantitative estimate of drug-likeness (QED) is 0.176. The second kappa shape index (κ2) is 11.7. The van der Waals surface area contributed by atoms with E-state index in [4.69, 9.17) is 15.9 Å². The van der Waals surface area contributed by atoms with E-state index < -0.39 is 34.9 Å². The summed E-state index contributed by atoms with van der Waals surface area (Å²) in [5, 5.41) is 32.4. The summed E-state index contributed by atoms with van der Waals surface area (Å²) in [5.74, 6) is -2.74. The zero-order valence-corrected chi connectivity index (χ0v) is 21.9. The number of nitrogens with one attached hydrogen (secondary N) is 3. The average Bonchev–Trinajstić information content (AvgIpc) is 2.90. The number of carboxylic acids is 1. The first-order valence-corrected chi connectivity index (χ1v) is 11.8. The molecule has 1 unspecified atom stereocenters. The number of methoxy groups -OCH3 is 1. The van der Waals surface area contributed by atoms with Crippen molar-refractivity contribution in [2.75, 3.05) is 19.0 Å². The number of rotatable bonds is 9. The van der Waals surface area contributed by atoms with Crippen LogP contribution in [0.15, 0.2) is 48.5 Å². The highest BCUT2D eigenvalue weighted by Crippen LogP contribution is 2.29. The lowest BCUT2D eigenvalue weighted by Crippen LogP contribution is -2.46. The van der Waals surface area contributed by atoms with Crippen molar-refractivity contribution in [2.24, 2.45) is 11.1 Å². The van der Waals surface area contributed by atoms with Gasteiger partial charge in [-0.15, -0.1) is 0 Å². The molecule has 2 amide bonds. The van der Waals surface area contributed by atoms with Crippen molar-refractivity contribution >= 4 is 29.3 Å². The molecular weight excluding hydrogens is 504 g/mol. The standard InChI is InChI=1S/C27H30N6O6/c1-27(2,3)19(13-34)32-24(35)18-11-9-17(22(31-18)26(37)38)16-10-12-20(39-4)33-21(16)25(36)30-15-7-5-14(6-8-15)23(28)29/h5-12,19,34H,13H2,1-4H3,(H3,28,29)(H,30,36)(H,32,35)(H,37,38). The number of nitrogens with two attached hydrogens (primary N) is 1. The molecule has 0 spiro atoms. The second-order valence-electron chi connectivity index (χ2n) is 9.67. The van der Waals surface area contributed by atoms with Crippen LogP contribution in [-0.4, -0.2) is 63.6 Å². The van der Waals surface area contributed by atoms with Gasteiger partial charge in [0.05, 0.1) is 19.8 Å². The van der Waals surface area contributed by atoms with E-state index in [0.717, 1.165) is 0 Å². The number of aliphatic hydroxyl groups is 1. The maximum absolute atomic E-state index is 13.2. The van der Waals surface area contributed by atoms with Crippen LogP contribution in [0.1, 0.15) is 57.8 Å². The number of benzene rings is 1. The second-order valence-corrected chi connectivity index (χ2v) is 9.67. The molecule has 0 radical (unpaired) electrons. The van der Waals surface area contributed by atoms with Gasteiger partial charge in [-0.05, 0) is 47.9 Å². The molecule has 204 valence electrons. The van der Waals surface area contributed by atoms with Crippen LogP contribution in [0.5, 0.6) is 5.88 Å². The summed E-state index contributed by atoms with van der Waals surface area (Å²) < 4.78 is 5.16. The first-order valence-electron chi connectivity index (χ1n) is 11.8. The molecule has 1 aromatic carbocycles. The molecule has 0 bridgehead atoms.